The van der Waals surface area contributed by atoms with Crippen molar-refractivity contribution in [2.75, 3.05) is 0 Å². The third-order valence-corrected chi connectivity index (χ3v) is 2.74. The summed E-state index contributed by atoms with van der Waals surface area (Å²) < 4.78 is 5.14. The smallest absolute Gasteiger partial charge is 0.273 e. The van der Waals surface area contributed by atoms with Crippen molar-refractivity contribution in [3.8, 4) is 0 Å². The normalized spacial score (nSPS) is 13.3. The van der Waals surface area contributed by atoms with E-state index < -0.39 is 12.0 Å². The second kappa shape index (κ2) is 7.21. The molecule has 1 amide bonds. The summed E-state index contributed by atoms with van der Waals surface area (Å²) in [5.41, 5.74) is 3.43. The molecule has 2 aromatic rings. The Labute approximate surface area is 122 Å². The van der Waals surface area contributed by atoms with Gasteiger partial charge in [-0.3, -0.25) is 4.79 Å². The zero-order valence-corrected chi connectivity index (χ0v) is 11.6. The SMILES string of the molecule is CC(C=Cc1ccco1)=NNC(=O)C(O)c1ccccc1. The molecule has 0 radical (unpaired) electrons. The van der Waals surface area contributed by atoms with Crippen molar-refractivity contribution < 1.29 is 14.3 Å². The lowest BCUT2D eigenvalue weighted by Gasteiger charge is -2.08. The van der Waals surface area contributed by atoms with Crippen LogP contribution in [0.5, 0.6) is 0 Å². The molecule has 1 heterocycles. The molecule has 108 valence electrons. The van der Waals surface area contributed by atoms with Crippen LogP contribution in [-0.4, -0.2) is 16.7 Å². The number of rotatable bonds is 5. The number of hydrogen-bond acceptors (Lipinski definition) is 4. The number of aliphatic hydroxyl groups excluding tert-OH is 1. The predicted molar refractivity (Wildman–Crippen MR) is 80.4 cm³/mol. The van der Waals surface area contributed by atoms with E-state index in [1.54, 1.807) is 55.7 Å². The van der Waals surface area contributed by atoms with Crippen LogP contribution in [-0.2, 0) is 4.79 Å². The minimum Gasteiger partial charge on any atom is -0.465 e. The summed E-state index contributed by atoms with van der Waals surface area (Å²) in [4.78, 5) is 11.8. The average molecular weight is 284 g/mol. The van der Waals surface area contributed by atoms with Crippen LogP contribution in [0.1, 0.15) is 24.4 Å². The molecule has 21 heavy (non-hydrogen) atoms. The van der Waals surface area contributed by atoms with E-state index in [1.807, 2.05) is 12.1 Å². The molecule has 0 fully saturated rings. The van der Waals surface area contributed by atoms with Crippen LogP contribution in [0, 0.1) is 0 Å². The van der Waals surface area contributed by atoms with E-state index in [0.29, 0.717) is 17.0 Å². The van der Waals surface area contributed by atoms with Gasteiger partial charge in [0.1, 0.15) is 5.76 Å². The van der Waals surface area contributed by atoms with Gasteiger partial charge < -0.3 is 9.52 Å². The van der Waals surface area contributed by atoms with Gasteiger partial charge in [-0.2, -0.15) is 5.10 Å². The average Bonchev–Trinajstić information content (AvgIpc) is 3.04. The molecular formula is C16H16N2O3. The first-order valence-electron chi connectivity index (χ1n) is 6.45. The van der Waals surface area contributed by atoms with Gasteiger partial charge in [0.2, 0.25) is 0 Å². The standard InChI is InChI=1S/C16H16N2O3/c1-12(9-10-14-8-5-11-21-14)17-18-16(20)15(19)13-6-3-2-4-7-13/h2-11,15,19H,1H3,(H,18,20). The molecule has 0 saturated carbocycles. The van der Waals surface area contributed by atoms with Crippen LogP contribution in [0.15, 0.2) is 64.3 Å². The summed E-state index contributed by atoms with van der Waals surface area (Å²) >= 11 is 0. The van der Waals surface area contributed by atoms with E-state index in [2.05, 4.69) is 10.5 Å². The summed E-state index contributed by atoms with van der Waals surface area (Å²) in [6.45, 7) is 1.73. The topological polar surface area (TPSA) is 74.8 Å². The Morgan fingerprint density at radius 3 is 2.71 bits per heavy atom. The molecule has 2 N–H and O–H groups in total. The van der Waals surface area contributed by atoms with Crippen molar-refractivity contribution in [2.24, 2.45) is 5.10 Å². The number of allylic oxidation sites excluding steroid dienone is 1. The monoisotopic (exact) mass is 284 g/mol. The molecule has 1 unspecified atom stereocenters. The number of benzene rings is 1. The molecule has 1 aromatic carbocycles. The van der Waals surface area contributed by atoms with Crippen LogP contribution in [0.2, 0.25) is 0 Å². The Balaban J connectivity index is 1.92. The highest BCUT2D eigenvalue weighted by Crippen LogP contribution is 2.11. The number of carbonyl (C=O) groups is 1. The number of amides is 1. The van der Waals surface area contributed by atoms with Gasteiger partial charge in [0.05, 0.1) is 12.0 Å². The van der Waals surface area contributed by atoms with Crippen LogP contribution < -0.4 is 5.43 Å². The number of carbonyl (C=O) groups excluding carboxylic acids is 1. The molecule has 2 rings (SSSR count). The maximum Gasteiger partial charge on any atom is 0.273 e. The molecule has 0 bridgehead atoms. The van der Waals surface area contributed by atoms with E-state index >= 15 is 0 Å². The van der Waals surface area contributed by atoms with Gasteiger partial charge >= 0.3 is 0 Å². The number of aliphatic hydroxyl groups is 1. The number of nitrogens with zero attached hydrogens (tertiary/aromatic N) is 1. The van der Waals surface area contributed by atoms with Crippen molar-refractivity contribution in [1.29, 1.82) is 0 Å². The van der Waals surface area contributed by atoms with Crippen LogP contribution in [0.25, 0.3) is 6.08 Å². The Kier molecular flexibility index (Phi) is 5.06. The van der Waals surface area contributed by atoms with E-state index in [4.69, 9.17) is 4.42 Å². The fraction of sp³-hybridized carbons (Fsp3) is 0.125. The van der Waals surface area contributed by atoms with Gasteiger partial charge in [0, 0.05) is 0 Å². The minimum absolute atomic E-state index is 0.522. The fourth-order valence-electron chi connectivity index (χ4n) is 1.62. The summed E-state index contributed by atoms with van der Waals surface area (Å²) in [6, 6.07) is 12.3. The number of furan rings is 1. The van der Waals surface area contributed by atoms with Crippen LogP contribution in [0.4, 0.5) is 0 Å². The molecule has 0 saturated heterocycles. The number of hydrogen-bond donors (Lipinski definition) is 2. The van der Waals surface area contributed by atoms with E-state index in [0.717, 1.165) is 0 Å². The van der Waals surface area contributed by atoms with Gasteiger partial charge in [-0.1, -0.05) is 30.3 Å². The van der Waals surface area contributed by atoms with Gasteiger partial charge in [0.25, 0.3) is 5.91 Å². The lowest BCUT2D eigenvalue weighted by Crippen LogP contribution is -2.25. The first kappa shape index (κ1) is 14.7. The summed E-state index contributed by atoms with van der Waals surface area (Å²) in [6.07, 6.45) is 3.77. The second-order valence-electron chi connectivity index (χ2n) is 4.39. The van der Waals surface area contributed by atoms with Crippen LogP contribution in [0.3, 0.4) is 0 Å². The van der Waals surface area contributed by atoms with Gasteiger partial charge in [-0.15, -0.1) is 0 Å². The van der Waals surface area contributed by atoms with E-state index in [9.17, 15) is 9.90 Å². The largest absolute Gasteiger partial charge is 0.465 e. The maximum atomic E-state index is 11.8. The van der Waals surface area contributed by atoms with Crippen molar-refractivity contribution >= 4 is 17.7 Å². The highest BCUT2D eigenvalue weighted by Gasteiger charge is 2.15. The quantitative estimate of drug-likeness (QED) is 0.654. The zero-order chi connectivity index (χ0) is 15.1. The number of hydrazone groups is 1. The van der Waals surface area contributed by atoms with Crippen molar-refractivity contribution in [1.82, 2.24) is 5.43 Å². The van der Waals surface area contributed by atoms with Crippen molar-refractivity contribution in [3.05, 3.63) is 66.1 Å². The molecular weight excluding hydrogens is 268 g/mol. The summed E-state index contributed by atoms with van der Waals surface area (Å²) in [7, 11) is 0. The van der Waals surface area contributed by atoms with Crippen molar-refractivity contribution in [2.45, 2.75) is 13.0 Å². The van der Waals surface area contributed by atoms with E-state index in [-0.39, 0.29) is 0 Å². The van der Waals surface area contributed by atoms with E-state index in [1.165, 1.54) is 0 Å². The number of nitrogens with one attached hydrogen (secondary N) is 1. The van der Waals surface area contributed by atoms with Gasteiger partial charge in [-0.25, -0.2) is 5.43 Å². The lowest BCUT2D eigenvalue weighted by atomic mass is 10.1. The third kappa shape index (κ3) is 4.43. The van der Waals surface area contributed by atoms with Crippen molar-refractivity contribution in [3.63, 3.8) is 0 Å². The fourth-order valence-corrected chi connectivity index (χ4v) is 1.62. The Morgan fingerprint density at radius 1 is 1.29 bits per heavy atom. The van der Waals surface area contributed by atoms with Crippen LogP contribution >= 0.6 is 0 Å². The molecule has 0 spiro atoms. The van der Waals surface area contributed by atoms with Gasteiger partial charge in [-0.05, 0) is 36.8 Å². The Morgan fingerprint density at radius 2 is 2.05 bits per heavy atom. The Hall–Kier alpha value is -2.66. The molecule has 0 aliphatic carbocycles. The zero-order valence-electron chi connectivity index (χ0n) is 11.6. The third-order valence-electron chi connectivity index (χ3n) is 2.74. The maximum absolute atomic E-state index is 11.8. The molecule has 1 aromatic heterocycles. The molecule has 0 aliphatic heterocycles. The first-order chi connectivity index (χ1) is 10.2. The highest BCUT2D eigenvalue weighted by atomic mass is 16.3. The molecule has 1 atom stereocenters. The molecule has 5 heteroatoms. The first-order valence-corrected chi connectivity index (χ1v) is 6.45. The Bertz CT molecular complexity index is 631. The van der Waals surface area contributed by atoms with Gasteiger partial charge in [0.15, 0.2) is 6.10 Å². The summed E-state index contributed by atoms with van der Waals surface area (Å²) in [5.74, 6) is 0.118. The lowest BCUT2D eigenvalue weighted by molar-refractivity contribution is -0.129. The molecule has 0 aliphatic rings. The minimum atomic E-state index is -1.24. The predicted octanol–water partition coefficient (Wildman–Crippen LogP) is 2.52. The molecule has 5 nitrogen and oxygen atoms in total. The highest BCUT2D eigenvalue weighted by molar-refractivity contribution is 5.97. The summed E-state index contributed by atoms with van der Waals surface area (Å²) in [5, 5.41) is 13.8. The second-order valence-corrected chi connectivity index (χ2v) is 4.39.